The van der Waals surface area contributed by atoms with Crippen LogP contribution in [0, 0.1) is 32.6 Å². The third kappa shape index (κ3) is 4.90. The lowest BCUT2D eigenvalue weighted by molar-refractivity contribution is 0.387. The molecule has 28 heavy (non-hydrogen) atoms. The van der Waals surface area contributed by atoms with E-state index in [0.717, 1.165) is 54.7 Å². The minimum atomic E-state index is 0.281. The van der Waals surface area contributed by atoms with Crippen LogP contribution in [0.25, 0.3) is 0 Å². The summed E-state index contributed by atoms with van der Waals surface area (Å²) in [5.41, 5.74) is 6.08. The van der Waals surface area contributed by atoms with Gasteiger partial charge in [0.25, 0.3) is 0 Å². The third-order valence-corrected chi connectivity index (χ3v) is 5.54. The molecule has 2 heteroatoms. The van der Waals surface area contributed by atoms with Crippen LogP contribution in [0.15, 0.2) is 30.3 Å². The predicted octanol–water partition coefficient (Wildman–Crippen LogP) is 6.73. The SMILES string of the molecule is CCC#CCCCCC(c1ccccc1)c1c(C)c(OC)c(C)c(C)c1OC. The summed E-state index contributed by atoms with van der Waals surface area (Å²) in [6, 6.07) is 10.8. The fourth-order valence-corrected chi connectivity index (χ4v) is 4.04. The van der Waals surface area contributed by atoms with Crippen LogP contribution >= 0.6 is 0 Å². The van der Waals surface area contributed by atoms with E-state index in [2.05, 4.69) is 69.9 Å². The van der Waals surface area contributed by atoms with Crippen LogP contribution in [0.4, 0.5) is 0 Å². The standard InChI is InChI=1S/C26H34O2/c1-7-8-9-10-11-15-18-23(22-16-13-12-14-17-22)24-21(4)25(27-5)19(2)20(3)26(24)28-6/h12-14,16-17,23H,7,10-11,15,18H2,1-6H3. The lowest BCUT2D eigenvalue weighted by atomic mass is 9.81. The summed E-state index contributed by atoms with van der Waals surface area (Å²) in [4.78, 5) is 0. The first kappa shape index (κ1) is 21.9. The van der Waals surface area contributed by atoms with Gasteiger partial charge >= 0.3 is 0 Å². The third-order valence-electron chi connectivity index (χ3n) is 5.54. The molecule has 150 valence electrons. The van der Waals surface area contributed by atoms with Crippen LogP contribution in [0.2, 0.25) is 0 Å². The Labute approximate surface area is 171 Å². The fraction of sp³-hybridized carbons (Fsp3) is 0.462. The molecule has 0 aliphatic heterocycles. The molecule has 0 spiro atoms. The number of benzene rings is 2. The second kappa shape index (κ2) is 10.8. The van der Waals surface area contributed by atoms with Crippen molar-refractivity contribution in [2.24, 2.45) is 0 Å². The minimum Gasteiger partial charge on any atom is -0.496 e. The Bertz CT molecular complexity index is 825. The van der Waals surface area contributed by atoms with E-state index in [1.54, 1.807) is 14.2 Å². The van der Waals surface area contributed by atoms with Crippen molar-refractivity contribution in [2.75, 3.05) is 14.2 Å². The Hall–Kier alpha value is -2.40. The summed E-state index contributed by atoms with van der Waals surface area (Å²) in [6.07, 6.45) is 5.24. The van der Waals surface area contributed by atoms with Gasteiger partial charge in [-0.25, -0.2) is 0 Å². The molecule has 0 heterocycles. The van der Waals surface area contributed by atoms with Crippen molar-refractivity contribution < 1.29 is 9.47 Å². The molecular formula is C26H34O2. The van der Waals surface area contributed by atoms with Crippen molar-refractivity contribution in [1.82, 2.24) is 0 Å². The van der Waals surface area contributed by atoms with Gasteiger partial charge in [0.1, 0.15) is 11.5 Å². The van der Waals surface area contributed by atoms with Crippen molar-refractivity contribution in [1.29, 1.82) is 0 Å². The van der Waals surface area contributed by atoms with E-state index in [9.17, 15) is 0 Å². The maximum atomic E-state index is 5.92. The molecule has 2 nitrogen and oxygen atoms in total. The van der Waals surface area contributed by atoms with Gasteiger partial charge in [0.05, 0.1) is 14.2 Å². The van der Waals surface area contributed by atoms with Gasteiger partial charge in [-0.2, -0.15) is 0 Å². The molecule has 0 aliphatic rings. The first-order valence-electron chi connectivity index (χ1n) is 10.3. The second-order valence-corrected chi connectivity index (χ2v) is 7.27. The van der Waals surface area contributed by atoms with E-state index < -0.39 is 0 Å². The van der Waals surface area contributed by atoms with Gasteiger partial charge in [0.2, 0.25) is 0 Å². The van der Waals surface area contributed by atoms with Crippen LogP contribution in [0.5, 0.6) is 11.5 Å². The van der Waals surface area contributed by atoms with Crippen LogP contribution in [0.3, 0.4) is 0 Å². The lowest BCUT2D eigenvalue weighted by Crippen LogP contribution is -2.10. The zero-order valence-corrected chi connectivity index (χ0v) is 18.3. The Morgan fingerprint density at radius 2 is 1.46 bits per heavy atom. The van der Waals surface area contributed by atoms with Crippen molar-refractivity contribution in [3.63, 3.8) is 0 Å². The zero-order chi connectivity index (χ0) is 20.5. The zero-order valence-electron chi connectivity index (χ0n) is 18.3. The summed E-state index contributed by atoms with van der Waals surface area (Å²) in [6.45, 7) is 8.49. The molecular weight excluding hydrogens is 344 g/mol. The molecule has 2 aromatic carbocycles. The molecule has 0 radical (unpaired) electrons. The largest absolute Gasteiger partial charge is 0.496 e. The summed E-state index contributed by atoms with van der Waals surface area (Å²) >= 11 is 0. The Morgan fingerprint density at radius 1 is 0.821 bits per heavy atom. The van der Waals surface area contributed by atoms with Crippen LogP contribution in [-0.2, 0) is 0 Å². The number of unbranched alkanes of at least 4 members (excludes halogenated alkanes) is 2. The smallest absolute Gasteiger partial charge is 0.126 e. The Morgan fingerprint density at radius 3 is 2.07 bits per heavy atom. The summed E-state index contributed by atoms with van der Waals surface area (Å²) in [5.74, 6) is 8.68. The van der Waals surface area contributed by atoms with E-state index in [4.69, 9.17) is 9.47 Å². The first-order chi connectivity index (χ1) is 13.6. The molecule has 1 unspecified atom stereocenters. The highest BCUT2D eigenvalue weighted by Crippen LogP contribution is 2.45. The molecule has 0 amide bonds. The number of ether oxygens (including phenoxy) is 2. The fourth-order valence-electron chi connectivity index (χ4n) is 4.04. The maximum absolute atomic E-state index is 5.92. The predicted molar refractivity (Wildman–Crippen MR) is 119 cm³/mol. The molecule has 2 rings (SSSR count). The lowest BCUT2D eigenvalue weighted by Gasteiger charge is -2.27. The number of hydrogen-bond acceptors (Lipinski definition) is 2. The molecule has 0 bridgehead atoms. The van der Waals surface area contributed by atoms with Gasteiger partial charge < -0.3 is 9.47 Å². The molecule has 0 saturated carbocycles. The van der Waals surface area contributed by atoms with E-state index in [0.29, 0.717) is 0 Å². The minimum absolute atomic E-state index is 0.281. The topological polar surface area (TPSA) is 18.5 Å². The molecule has 0 fully saturated rings. The number of hydrogen-bond donors (Lipinski definition) is 0. The Kier molecular flexibility index (Phi) is 8.45. The molecule has 0 aliphatic carbocycles. The quantitative estimate of drug-likeness (QED) is 0.374. The summed E-state index contributed by atoms with van der Waals surface area (Å²) < 4.78 is 11.7. The van der Waals surface area contributed by atoms with Gasteiger partial charge in [-0.15, -0.1) is 11.8 Å². The number of rotatable bonds is 8. The normalized spacial score (nSPS) is 11.5. The first-order valence-corrected chi connectivity index (χ1v) is 10.3. The molecule has 0 N–H and O–H groups in total. The van der Waals surface area contributed by atoms with Crippen molar-refractivity contribution >= 4 is 0 Å². The second-order valence-electron chi connectivity index (χ2n) is 7.27. The summed E-state index contributed by atoms with van der Waals surface area (Å²) in [5, 5.41) is 0. The van der Waals surface area contributed by atoms with Crippen molar-refractivity contribution in [3.05, 3.63) is 58.1 Å². The van der Waals surface area contributed by atoms with E-state index in [1.165, 1.54) is 16.7 Å². The van der Waals surface area contributed by atoms with Crippen LogP contribution in [0.1, 0.15) is 72.8 Å². The van der Waals surface area contributed by atoms with Gasteiger partial charge in [0, 0.05) is 24.3 Å². The highest BCUT2D eigenvalue weighted by atomic mass is 16.5. The maximum Gasteiger partial charge on any atom is 0.126 e. The molecule has 1 atom stereocenters. The van der Waals surface area contributed by atoms with Crippen LogP contribution in [-0.4, -0.2) is 14.2 Å². The molecule has 2 aromatic rings. The monoisotopic (exact) mass is 378 g/mol. The highest BCUT2D eigenvalue weighted by Gasteiger charge is 2.26. The average Bonchev–Trinajstić information content (AvgIpc) is 2.72. The highest BCUT2D eigenvalue weighted by molar-refractivity contribution is 5.60. The van der Waals surface area contributed by atoms with E-state index in [1.807, 2.05) is 0 Å². The average molecular weight is 379 g/mol. The van der Waals surface area contributed by atoms with Gasteiger partial charge in [-0.1, -0.05) is 43.7 Å². The Balaban J connectivity index is 2.47. The summed E-state index contributed by atoms with van der Waals surface area (Å²) in [7, 11) is 3.54. The molecule has 0 aromatic heterocycles. The van der Waals surface area contributed by atoms with Crippen molar-refractivity contribution in [3.8, 4) is 23.3 Å². The van der Waals surface area contributed by atoms with Crippen LogP contribution < -0.4 is 9.47 Å². The van der Waals surface area contributed by atoms with Gasteiger partial charge in [-0.3, -0.25) is 0 Å². The van der Waals surface area contributed by atoms with Gasteiger partial charge in [0.15, 0.2) is 0 Å². The van der Waals surface area contributed by atoms with E-state index in [-0.39, 0.29) is 5.92 Å². The van der Waals surface area contributed by atoms with E-state index >= 15 is 0 Å². The number of methoxy groups -OCH3 is 2. The molecule has 0 saturated heterocycles. The van der Waals surface area contributed by atoms with Crippen molar-refractivity contribution in [2.45, 2.75) is 65.7 Å². The van der Waals surface area contributed by atoms with Gasteiger partial charge in [-0.05, 0) is 55.9 Å².